The van der Waals surface area contributed by atoms with E-state index in [-0.39, 0.29) is 18.0 Å². The van der Waals surface area contributed by atoms with Gasteiger partial charge in [0.2, 0.25) is 0 Å². The normalized spacial score (nSPS) is 33.3. The molecule has 0 aromatic carbocycles. The van der Waals surface area contributed by atoms with Crippen LogP contribution in [-0.2, 0) is 9.59 Å². The van der Waals surface area contributed by atoms with Crippen molar-refractivity contribution in [3.8, 4) is 0 Å². The highest BCUT2D eigenvalue weighted by Gasteiger charge is 2.53. The molecule has 2 saturated carbocycles. The van der Waals surface area contributed by atoms with Gasteiger partial charge in [-0.15, -0.1) is 0 Å². The number of aldehydes is 1. The summed E-state index contributed by atoms with van der Waals surface area (Å²) in [6.07, 6.45) is 5.87. The molecule has 23 heavy (non-hydrogen) atoms. The average Bonchev–Trinajstić information content (AvgIpc) is 2.98. The Balaban J connectivity index is 1.87. The molecule has 0 heterocycles. The molecule has 5 heteroatoms. The van der Waals surface area contributed by atoms with Crippen LogP contribution in [0.4, 0.5) is 0 Å². The van der Waals surface area contributed by atoms with E-state index in [9.17, 15) is 9.59 Å². The van der Waals surface area contributed by atoms with Crippen molar-refractivity contribution in [3.05, 3.63) is 0 Å². The number of carbonyl (C=O) groups is 2. The Bertz CT molecular complexity index is 459. The first kappa shape index (κ1) is 18.4. The van der Waals surface area contributed by atoms with Crippen LogP contribution in [0.25, 0.3) is 0 Å². The molecule has 2 fully saturated rings. The molecule has 0 radical (unpaired) electrons. The fourth-order valence-corrected chi connectivity index (χ4v) is 4.66. The third-order valence-corrected chi connectivity index (χ3v) is 6.29. The molecule has 2 rings (SSSR count). The van der Waals surface area contributed by atoms with E-state index in [2.05, 4.69) is 33.0 Å². The van der Waals surface area contributed by atoms with Gasteiger partial charge in [0, 0.05) is 11.6 Å². The molecule has 132 valence electrons. The summed E-state index contributed by atoms with van der Waals surface area (Å²) in [4.78, 5) is 21.7. The maximum Gasteiger partial charge on any atom is 0.305 e. The van der Waals surface area contributed by atoms with Crippen LogP contribution in [0.3, 0.4) is 0 Å². The van der Waals surface area contributed by atoms with Crippen LogP contribution < -0.4 is 11.1 Å². The second kappa shape index (κ2) is 6.17. The number of carbonyl (C=O) groups excluding carboxylic acids is 1. The molecule has 3 atom stereocenters. The third-order valence-electron chi connectivity index (χ3n) is 6.29. The lowest BCUT2D eigenvalue weighted by Crippen LogP contribution is -2.42. The lowest BCUT2D eigenvalue weighted by Gasteiger charge is -2.36. The van der Waals surface area contributed by atoms with Crippen LogP contribution in [-0.4, -0.2) is 35.0 Å². The molecule has 4 N–H and O–H groups in total. The highest BCUT2D eigenvalue weighted by Crippen LogP contribution is 2.56. The van der Waals surface area contributed by atoms with Gasteiger partial charge in [-0.05, 0) is 48.9 Å². The molecule has 2 unspecified atom stereocenters. The van der Waals surface area contributed by atoms with Crippen molar-refractivity contribution < 1.29 is 14.7 Å². The minimum absolute atomic E-state index is 0.0599. The molecule has 0 spiro atoms. The summed E-state index contributed by atoms with van der Waals surface area (Å²) in [6.45, 7) is 9.42. The standard InChI is InChI=1S/C18H32N2O3/c1-16(2)7-8-17(3,4)13(16)5-6-18(19)10-14(18)20-12(11-21)9-15(22)23/h11-14,20H,5-10,19H2,1-4H3,(H,22,23)/t12-,14?,18?/m0/s1. The van der Waals surface area contributed by atoms with Crippen LogP contribution in [0.15, 0.2) is 0 Å². The summed E-state index contributed by atoms with van der Waals surface area (Å²) in [6, 6.07) is -0.577. The molecule has 2 aliphatic carbocycles. The van der Waals surface area contributed by atoms with Crippen molar-refractivity contribution in [2.75, 3.05) is 0 Å². The zero-order chi connectivity index (χ0) is 17.5. The molecule has 0 aromatic rings. The monoisotopic (exact) mass is 324 g/mol. The van der Waals surface area contributed by atoms with E-state index in [4.69, 9.17) is 10.8 Å². The Morgan fingerprint density at radius 1 is 1.30 bits per heavy atom. The van der Waals surface area contributed by atoms with Gasteiger partial charge in [0.25, 0.3) is 0 Å². The van der Waals surface area contributed by atoms with Gasteiger partial charge in [0.1, 0.15) is 6.29 Å². The Labute approximate surface area is 139 Å². The van der Waals surface area contributed by atoms with Gasteiger partial charge >= 0.3 is 5.97 Å². The molecule has 2 aliphatic rings. The first-order chi connectivity index (χ1) is 10.5. The summed E-state index contributed by atoms with van der Waals surface area (Å²) in [5.41, 5.74) is 6.88. The summed E-state index contributed by atoms with van der Waals surface area (Å²) in [7, 11) is 0. The molecule has 5 nitrogen and oxygen atoms in total. The second-order valence-corrected chi connectivity index (χ2v) is 9.07. The van der Waals surface area contributed by atoms with Gasteiger partial charge in [-0.25, -0.2) is 0 Å². The lowest BCUT2D eigenvalue weighted by atomic mass is 9.69. The van der Waals surface area contributed by atoms with Crippen LogP contribution >= 0.6 is 0 Å². The summed E-state index contributed by atoms with van der Waals surface area (Å²) < 4.78 is 0. The Morgan fingerprint density at radius 2 is 1.87 bits per heavy atom. The number of carboxylic acid groups (broad SMARTS) is 1. The Kier molecular flexibility index (Phi) is 4.94. The first-order valence-electron chi connectivity index (χ1n) is 8.72. The van der Waals surface area contributed by atoms with Crippen molar-refractivity contribution in [3.63, 3.8) is 0 Å². The van der Waals surface area contributed by atoms with Gasteiger partial charge in [-0.3, -0.25) is 4.79 Å². The zero-order valence-electron chi connectivity index (χ0n) is 14.9. The minimum Gasteiger partial charge on any atom is -0.481 e. The van der Waals surface area contributed by atoms with Gasteiger partial charge in [0.15, 0.2) is 0 Å². The maximum atomic E-state index is 11.0. The molecule has 0 saturated heterocycles. The van der Waals surface area contributed by atoms with Crippen molar-refractivity contribution in [2.24, 2.45) is 22.5 Å². The van der Waals surface area contributed by atoms with Crippen LogP contribution in [0, 0.1) is 16.7 Å². The van der Waals surface area contributed by atoms with E-state index in [1.165, 1.54) is 12.8 Å². The van der Waals surface area contributed by atoms with Gasteiger partial charge < -0.3 is 21.0 Å². The largest absolute Gasteiger partial charge is 0.481 e. The maximum absolute atomic E-state index is 11.0. The Hall–Kier alpha value is -0.940. The molecule has 0 aliphatic heterocycles. The summed E-state index contributed by atoms with van der Waals surface area (Å²) in [5, 5.41) is 11.9. The van der Waals surface area contributed by atoms with Crippen LogP contribution in [0.5, 0.6) is 0 Å². The average molecular weight is 324 g/mol. The van der Waals surface area contributed by atoms with Crippen molar-refractivity contribution in [2.45, 2.75) is 83.8 Å². The van der Waals surface area contributed by atoms with Crippen molar-refractivity contribution >= 4 is 12.3 Å². The highest BCUT2D eigenvalue weighted by atomic mass is 16.4. The van der Waals surface area contributed by atoms with Crippen LogP contribution in [0.1, 0.15) is 66.2 Å². The highest BCUT2D eigenvalue weighted by molar-refractivity contribution is 5.73. The number of nitrogens with one attached hydrogen (secondary N) is 1. The number of carboxylic acids is 1. The number of hydrogen-bond donors (Lipinski definition) is 3. The molecule has 0 amide bonds. The van der Waals surface area contributed by atoms with Gasteiger partial charge in [-0.1, -0.05) is 27.7 Å². The van der Waals surface area contributed by atoms with Gasteiger partial charge in [0.05, 0.1) is 12.5 Å². The SMILES string of the molecule is CC1(C)CCC(C)(C)C1CCC1(N)CC1N[C@H](C=O)CC(=O)O. The van der Waals surface area contributed by atoms with E-state index in [1.54, 1.807) is 0 Å². The third kappa shape index (κ3) is 4.13. The number of nitrogens with two attached hydrogens (primary N) is 1. The fourth-order valence-electron chi connectivity index (χ4n) is 4.66. The fraction of sp³-hybridized carbons (Fsp3) is 0.889. The predicted molar refractivity (Wildman–Crippen MR) is 90.1 cm³/mol. The van der Waals surface area contributed by atoms with E-state index >= 15 is 0 Å². The van der Waals surface area contributed by atoms with Crippen molar-refractivity contribution in [1.82, 2.24) is 5.32 Å². The van der Waals surface area contributed by atoms with E-state index in [0.29, 0.717) is 23.0 Å². The Morgan fingerprint density at radius 3 is 2.35 bits per heavy atom. The van der Waals surface area contributed by atoms with Gasteiger partial charge in [-0.2, -0.15) is 0 Å². The number of aliphatic carboxylic acids is 1. The molecule has 0 bridgehead atoms. The second-order valence-electron chi connectivity index (χ2n) is 9.07. The molecular weight excluding hydrogens is 292 g/mol. The molecule has 0 aromatic heterocycles. The minimum atomic E-state index is -0.965. The summed E-state index contributed by atoms with van der Waals surface area (Å²) in [5.74, 6) is -0.315. The van der Waals surface area contributed by atoms with Crippen LogP contribution in [0.2, 0.25) is 0 Å². The zero-order valence-corrected chi connectivity index (χ0v) is 14.9. The van der Waals surface area contributed by atoms with E-state index < -0.39 is 12.0 Å². The van der Waals surface area contributed by atoms with E-state index in [1.807, 2.05) is 0 Å². The predicted octanol–water partition coefficient (Wildman–Crippen LogP) is 2.33. The van der Waals surface area contributed by atoms with E-state index in [0.717, 1.165) is 19.3 Å². The lowest BCUT2D eigenvalue weighted by molar-refractivity contribution is -0.138. The smallest absolute Gasteiger partial charge is 0.305 e. The number of rotatable bonds is 8. The quantitative estimate of drug-likeness (QED) is 0.596. The topological polar surface area (TPSA) is 92.4 Å². The van der Waals surface area contributed by atoms with Crippen molar-refractivity contribution in [1.29, 1.82) is 0 Å². The summed E-state index contributed by atoms with van der Waals surface area (Å²) >= 11 is 0. The molecular formula is C18H32N2O3. The first-order valence-corrected chi connectivity index (χ1v) is 8.72. The number of hydrogen-bond acceptors (Lipinski definition) is 4.